The highest BCUT2D eigenvalue weighted by Crippen LogP contribution is 2.38. The van der Waals surface area contributed by atoms with Crippen LogP contribution in [-0.2, 0) is 14.9 Å². The van der Waals surface area contributed by atoms with Crippen molar-refractivity contribution in [3.8, 4) is 11.5 Å². The number of carbonyl (C=O) groups excluding carboxylic acids is 1. The first-order chi connectivity index (χ1) is 16.8. The van der Waals surface area contributed by atoms with Gasteiger partial charge in [0, 0.05) is 0 Å². The van der Waals surface area contributed by atoms with Crippen LogP contribution in [0.5, 0.6) is 11.5 Å². The third kappa shape index (κ3) is 5.12. The summed E-state index contributed by atoms with van der Waals surface area (Å²) in [5.41, 5.74) is 0.839. The fourth-order valence-electron chi connectivity index (χ4n) is 3.04. The van der Waals surface area contributed by atoms with Crippen molar-refractivity contribution >= 4 is 72.5 Å². The largest absolute Gasteiger partial charge is 0.493 e. The molecular weight excluding hydrogens is 636 g/mol. The number of thioether (sulfide) groups is 1. The molecule has 0 atom stereocenters. The van der Waals surface area contributed by atoms with Gasteiger partial charge < -0.3 is 8.92 Å². The van der Waals surface area contributed by atoms with E-state index in [1.165, 1.54) is 37.5 Å². The minimum atomic E-state index is -4.75. The zero-order valence-corrected chi connectivity index (χ0v) is 22.0. The predicted octanol–water partition coefficient (Wildman–Crippen LogP) is 4.56. The van der Waals surface area contributed by atoms with Gasteiger partial charge in [-0.05, 0) is 77.2 Å². The van der Waals surface area contributed by atoms with Gasteiger partial charge in [-0.25, -0.2) is 0 Å². The first-order valence-electron chi connectivity index (χ1n) is 9.76. The Bertz CT molecular complexity index is 1490. The summed E-state index contributed by atoms with van der Waals surface area (Å²) in [4.78, 5) is 16.0. The molecule has 2 aliphatic heterocycles. The van der Waals surface area contributed by atoms with Gasteiger partial charge in [0.05, 0.1) is 16.3 Å². The number of methoxy groups -OCH3 is 1. The number of hydrogen-bond acceptors (Lipinski definition) is 8. The van der Waals surface area contributed by atoms with Gasteiger partial charge in [0.15, 0.2) is 17.3 Å². The van der Waals surface area contributed by atoms with Gasteiger partial charge in [-0.3, -0.25) is 10.2 Å². The molecule has 0 aliphatic carbocycles. The first kappa shape index (κ1) is 26.2. The number of amides is 1. The lowest BCUT2D eigenvalue weighted by Crippen LogP contribution is -2.35. The van der Waals surface area contributed by atoms with E-state index in [0.717, 1.165) is 5.56 Å². The number of nitrogens with one attached hydrogen (secondary N) is 1. The Morgan fingerprint density at radius 2 is 1.86 bits per heavy atom. The predicted molar refractivity (Wildman–Crippen MR) is 136 cm³/mol. The van der Waals surface area contributed by atoms with Crippen molar-refractivity contribution in [1.82, 2.24) is 5.01 Å². The molecule has 2 aromatic carbocycles. The van der Waals surface area contributed by atoms with E-state index in [1.54, 1.807) is 12.1 Å². The van der Waals surface area contributed by atoms with E-state index >= 15 is 0 Å². The number of benzene rings is 2. The summed E-state index contributed by atoms with van der Waals surface area (Å²) in [6, 6.07) is 8.87. The SMILES string of the molecule is COc1cc(/C=C2/C(=N)N3N=C(C(F)(F)F)SC3=NC2=O)cc(I)c1OS(=O)(=O)c1ccc(C)cc1. The Hall–Kier alpha value is -2.92. The maximum Gasteiger partial charge on any atom is 0.441 e. The van der Waals surface area contributed by atoms with Crippen LogP contribution in [0.4, 0.5) is 13.2 Å². The second-order valence-corrected chi connectivity index (χ2v) is 11.0. The number of hydrazone groups is 1. The van der Waals surface area contributed by atoms with Crippen molar-refractivity contribution in [3.05, 3.63) is 56.7 Å². The second-order valence-electron chi connectivity index (χ2n) is 7.31. The molecule has 0 bridgehead atoms. The van der Waals surface area contributed by atoms with Gasteiger partial charge in [-0.1, -0.05) is 17.7 Å². The van der Waals surface area contributed by atoms with E-state index in [4.69, 9.17) is 14.3 Å². The molecule has 0 radical (unpaired) electrons. The maximum atomic E-state index is 13.0. The molecule has 0 spiro atoms. The topological polar surface area (TPSA) is 121 Å². The molecule has 4 rings (SSSR count). The summed E-state index contributed by atoms with van der Waals surface area (Å²) in [6.07, 6.45) is -3.53. The summed E-state index contributed by atoms with van der Waals surface area (Å²) in [7, 11) is -2.91. The molecule has 1 N–H and O–H groups in total. The quantitative estimate of drug-likeness (QED) is 0.286. The highest BCUT2D eigenvalue weighted by molar-refractivity contribution is 14.1. The summed E-state index contributed by atoms with van der Waals surface area (Å²) in [5, 5.41) is 10.6. The number of nitrogens with zero attached hydrogens (tertiary/aromatic N) is 3. The molecule has 0 unspecified atom stereocenters. The number of aryl methyl sites for hydroxylation is 1. The number of hydrogen-bond donors (Lipinski definition) is 1. The molecule has 9 nitrogen and oxygen atoms in total. The maximum absolute atomic E-state index is 13.0. The van der Waals surface area contributed by atoms with Crippen LogP contribution >= 0.6 is 34.4 Å². The van der Waals surface area contributed by atoms with Crippen LogP contribution in [0, 0.1) is 15.9 Å². The zero-order chi connectivity index (χ0) is 26.4. The van der Waals surface area contributed by atoms with Crippen LogP contribution in [0.1, 0.15) is 11.1 Å². The van der Waals surface area contributed by atoms with E-state index in [-0.39, 0.29) is 44.5 Å². The molecule has 0 aromatic heterocycles. The molecule has 0 saturated heterocycles. The smallest absolute Gasteiger partial charge is 0.441 e. The van der Waals surface area contributed by atoms with E-state index in [1.807, 2.05) is 29.5 Å². The summed E-state index contributed by atoms with van der Waals surface area (Å²) >= 11 is 1.96. The molecule has 188 valence electrons. The minimum absolute atomic E-state index is 0.0116. The standard InChI is InChI=1S/C21H14F3IN4O5S2/c1-10-3-5-12(6-4-10)36(31,32)34-16-14(25)8-11(9-15(16)33-2)7-13-17(26)29-20(27-18(13)30)35-19(28-29)21(22,23)24/h3-9,26H,1-2H3/b13-7-,26-17?. The third-order valence-corrected chi connectivity index (χ3v) is 7.75. The van der Waals surface area contributed by atoms with Gasteiger partial charge in [0.2, 0.25) is 10.2 Å². The van der Waals surface area contributed by atoms with Crippen molar-refractivity contribution in [2.75, 3.05) is 7.11 Å². The first-order valence-corrected chi connectivity index (χ1v) is 13.1. The highest BCUT2D eigenvalue weighted by atomic mass is 127. The average molecular weight is 650 g/mol. The molecule has 1 amide bonds. The third-order valence-electron chi connectivity index (χ3n) is 4.76. The number of aliphatic imine (C=N–C) groups is 1. The molecule has 0 fully saturated rings. The van der Waals surface area contributed by atoms with Crippen molar-refractivity contribution in [2.24, 2.45) is 10.1 Å². The normalized spacial score (nSPS) is 17.2. The number of amidine groups is 2. The van der Waals surface area contributed by atoms with Gasteiger partial charge in [0.25, 0.3) is 5.91 Å². The molecule has 2 heterocycles. The van der Waals surface area contributed by atoms with Gasteiger partial charge >= 0.3 is 16.3 Å². The Morgan fingerprint density at radius 3 is 2.47 bits per heavy atom. The molecule has 2 aliphatic rings. The minimum Gasteiger partial charge on any atom is -0.493 e. The van der Waals surface area contributed by atoms with E-state index < -0.39 is 33.1 Å². The van der Waals surface area contributed by atoms with Gasteiger partial charge in [-0.2, -0.15) is 36.7 Å². The van der Waals surface area contributed by atoms with Crippen molar-refractivity contribution in [2.45, 2.75) is 18.0 Å². The number of rotatable bonds is 5. The van der Waals surface area contributed by atoms with Crippen molar-refractivity contribution in [3.63, 3.8) is 0 Å². The van der Waals surface area contributed by atoms with Crippen LogP contribution in [0.15, 0.2) is 57.0 Å². The average Bonchev–Trinajstić information content (AvgIpc) is 3.23. The molecule has 15 heteroatoms. The van der Waals surface area contributed by atoms with Crippen molar-refractivity contribution in [1.29, 1.82) is 5.41 Å². The Morgan fingerprint density at radius 1 is 1.19 bits per heavy atom. The zero-order valence-electron chi connectivity index (χ0n) is 18.3. The lowest BCUT2D eigenvalue weighted by Gasteiger charge is -2.20. The molecular formula is C21H14F3IN4O5S2. The second kappa shape index (κ2) is 9.51. The molecule has 0 saturated carbocycles. The lowest BCUT2D eigenvalue weighted by molar-refractivity contribution is -0.114. The van der Waals surface area contributed by atoms with Gasteiger partial charge in [-0.15, -0.1) is 0 Å². The monoisotopic (exact) mass is 650 g/mol. The van der Waals surface area contributed by atoms with Crippen LogP contribution in [-0.4, -0.2) is 48.7 Å². The summed E-state index contributed by atoms with van der Waals surface area (Å²) in [6.45, 7) is 1.81. The summed E-state index contributed by atoms with van der Waals surface area (Å²) < 4.78 is 75.4. The van der Waals surface area contributed by atoms with E-state index in [0.29, 0.717) is 8.58 Å². The number of fused-ring (bicyclic) bond motifs is 1. The fourth-order valence-corrected chi connectivity index (χ4v) is 5.64. The fraction of sp³-hybridized carbons (Fsp3) is 0.143. The highest BCUT2D eigenvalue weighted by Gasteiger charge is 2.46. The van der Waals surface area contributed by atoms with Crippen LogP contribution in [0.25, 0.3) is 6.08 Å². The number of halogens is 4. The molecule has 2 aromatic rings. The van der Waals surface area contributed by atoms with E-state index in [2.05, 4.69) is 10.1 Å². The van der Waals surface area contributed by atoms with Crippen LogP contribution in [0.2, 0.25) is 0 Å². The number of ether oxygens (including phenoxy) is 1. The Labute approximate surface area is 220 Å². The Kier molecular flexibility index (Phi) is 6.91. The number of carbonyl (C=O) groups is 1. The van der Waals surface area contributed by atoms with Crippen LogP contribution in [0.3, 0.4) is 0 Å². The van der Waals surface area contributed by atoms with Crippen LogP contribution < -0.4 is 8.92 Å². The van der Waals surface area contributed by atoms with Crippen molar-refractivity contribution < 1.29 is 35.3 Å². The lowest BCUT2D eigenvalue weighted by atomic mass is 10.1. The van der Waals surface area contributed by atoms with E-state index in [9.17, 15) is 26.4 Å². The van der Waals surface area contributed by atoms with Gasteiger partial charge in [0.1, 0.15) is 4.90 Å². The number of alkyl halides is 3. The molecule has 36 heavy (non-hydrogen) atoms. The Balaban J connectivity index is 1.68. The summed E-state index contributed by atoms with van der Waals surface area (Å²) in [5.74, 6) is -1.60.